The Hall–Kier alpha value is -1.74. The number of hydrogen-bond acceptors (Lipinski definition) is 2. The number of H-pyrrole nitrogens is 1. The zero-order valence-corrected chi connectivity index (χ0v) is 10.3. The summed E-state index contributed by atoms with van der Waals surface area (Å²) in [6.07, 6.45) is 3.82. The lowest BCUT2D eigenvalue weighted by molar-refractivity contribution is 1.26. The Bertz CT molecular complexity index is 641. The standard InChI is InChI=1S/C14H12N2S/c1-10-2-4-12(5-3-10)17-13-8-11-6-7-15-14(11)16-9-13/h2-9H,1H3,(H,15,16). The maximum absolute atomic E-state index is 4.38. The van der Waals surface area contributed by atoms with Gasteiger partial charge in [-0.25, -0.2) is 4.98 Å². The topological polar surface area (TPSA) is 28.7 Å². The molecule has 1 aromatic carbocycles. The lowest BCUT2D eigenvalue weighted by Gasteiger charge is -2.01. The summed E-state index contributed by atoms with van der Waals surface area (Å²) in [5, 5.41) is 1.15. The predicted molar refractivity (Wildman–Crippen MR) is 71.4 cm³/mol. The SMILES string of the molecule is Cc1ccc(Sc2cnc3[nH]ccc3c2)cc1. The lowest BCUT2D eigenvalue weighted by Crippen LogP contribution is -1.79. The fourth-order valence-electron chi connectivity index (χ4n) is 1.72. The van der Waals surface area contributed by atoms with Gasteiger partial charge in [-0.1, -0.05) is 29.5 Å². The van der Waals surface area contributed by atoms with Gasteiger partial charge in [0.05, 0.1) is 0 Å². The number of benzene rings is 1. The maximum atomic E-state index is 4.38. The van der Waals surface area contributed by atoms with Crippen molar-refractivity contribution in [2.24, 2.45) is 0 Å². The van der Waals surface area contributed by atoms with E-state index in [-0.39, 0.29) is 0 Å². The molecule has 0 radical (unpaired) electrons. The molecule has 0 saturated carbocycles. The van der Waals surface area contributed by atoms with Crippen LogP contribution in [0, 0.1) is 6.92 Å². The van der Waals surface area contributed by atoms with Crippen molar-refractivity contribution in [3.8, 4) is 0 Å². The molecule has 0 amide bonds. The number of hydrogen-bond donors (Lipinski definition) is 1. The van der Waals surface area contributed by atoms with Crippen LogP contribution in [-0.4, -0.2) is 9.97 Å². The first kappa shape index (κ1) is 10.4. The molecule has 0 aliphatic heterocycles. The van der Waals surface area contributed by atoms with Gasteiger partial charge in [-0.15, -0.1) is 0 Å². The van der Waals surface area contributed by atoms with Crippen LogP contribution in [0.1, 0.15) is 5.56 Å². The summed E-state index contributed by atoms with van der Waals surface area (Å²) in [4.78, 5) is 9.89. The van der Waals surface area contributed by atoms with Gasteiger partial charge in [-0.3, -0.25) is 0 Å². The average Bonchev–Trinajstić information content (AvgIpc) is 2.79. The molecule has 3 heteroatoms. The molecule has 0 saturated heterocycles. The van der Waals surface area contributed by atoms with Gasteiger partial charge in [0.1, 0.15) is 5.65 Å². The van der Waals surface area contributed by atoms with Gasteiger partial charge in [0.15, 0.2) is 0 Å². The van der Waals surface area contributed by atoms with E-state index in [4.69, 9.17) is 0 Å². The van der Waals surface area contributed by atoms with Gasteiger partial charge in [0.2, 0.25) is 0 Å². The molecule has 2 heterocycles. The predicted octanol–water partition coefficient (Wildman–Crippen LogP) is 4.02. The van der Waals surface area contributed by atoms with Gasteiger partial charge in [-0.05, 0) is 31.2 Å². The Balaban J connectivity index is 1.91. The van der Waals surface area contributed by atoms with Gasteiger partial charge >= 0.3 is 0 Å². The number of aromatic nitrogens is 2. The molecule has 0 atom stereocenters. The van der Waals surface area contributed by atoms with Crippen LogP contribution < -0.4 is 0 Å². The van der Waals surface area contributed by atoms with Gasteiger partial charge < -0.3 is 4.98 Å². The molecule has 0 aliphatic carbocycles. The summed E-state index contributed by atoms with van der Waals surface area (Å²) in [5.74, 6) is 0. The largest absolute Gasteiger partial charge is 0.346 e. The van der Waals surface area contributed by atoms with E-state index in [9.17, 15) is 0 Å². The van der Waals surface area contributed by atoms with E-state index in [2.05, 4.69) is 47.2 Å². The molecular formula is C14H12N2S. The van der Waals surface area contributed by atoms with Gasteiger partial charge in [0.25, 0.3) is 0 Å². The Morgan fingerprint density at radius 1 is 1.06 bits per heavy atom. The first-order valence-corrected chi connectivity index (χ1v) is 6.30. The summed E-state index contributed by atoms with van der Waals surface area (Å²) in [6.45, 7) is 2.10. The van der Waals surface area contributed by atoms with Crippen LogP contribution in [0.4, 0.5) is 0 Å². The van der Waals surface area contributed by atoms with Crippen molar-refractivity contribution in [1.82, 2.24) is 9.97 Å². The lowest BCUT2D eigenvalue weighted by atomic mass is 10.2. The molecular weight excluding hydrogens is 228 g/mol. The molecule has 2 aromatic heterocycles. The Morgan fingerprint density at radius 2 is 1.88 bits per heavy atom. The minimum Gasteiger partial charge on any atom is -0.346 e. The summed E-state index contributed by atoms with van der Waals surface area (Å²) in [7, 11) is 0. The Kier molecular flexibility index (Phi) is 2.61. The zero-order chi connectivity index (χ0) is 11.7. The second-order valence-electron chi connectivity index (χ2n) is 4.00. The Morgan fingerprint density at radius 3 is 2.71 bits per heavy atom. The van der Waals surface area contributed by atoms with Crippen molar-refractivity contribution in [2.45, 2.75) is 16.7 Å². The van der Waals surface area contributed by atoms with Crippen LogP contribution in [0.2, 0.25) is 0 Å². The highest BCUT2D eigenvalue weighted by Gasteiger charge is 2.00. The molecule has 0 fully saturated rings. The maximum Gasteiger partial charge on any atom is 0.137 e. The smallest absolute Gasteiger partial charge is 0.137 e. The van der Waals surface area contributed by atoms with E-state index in [0.717, 1.165) is 11.0 Å². The third-order valence-electron chi connectivity index (χ3n) is 2.63. The molecule has 17 heavy (non-hydrogen) atoms. The third-order valence-corrected chi connectivity index (χ3v) is 3.60. The summed E-state index contributed by atoms with van der Waals surface area (Å²) in [6, 6.07) is 12.7. The molecule has 0 spiro atoms. The number of rotatable bonds is 2. The normalized spacial score (nSPS) is 10.9. The van der Waals surface area contributed by atoms with Gasteiger partial charge in [-0.2, -0.15) is 0 Å². The first-order chi connectivity index (χ1) is 8.31. The first-order valence-electron chi connectivity index (χ1n) is 5.49. The third kappa shape index (κ3) is 2.19. The molecule has 0 aliphatic rings. The number of fused-ring (bicyclic) bond motifs is 1. The van der Waals surface area contributed by atoms with Crippen LogP contribution in [0.15, 0.2) is 58.6 Å². The highest BCUT2D eigenvalue weighted by Crippen LogP contribution is 2.28. The van der Waals surface area contributed by atoms with E-state index in [1.165, 1.54) is 15.4 Å². The molecule has 1 N–H and O–H groups in total. The molecule has 0 bridgehead atoms. The van der Waals surface area contributed by atoms with E-state index in [1.54, 1.807) is 11.8 Å². The summed E-state index contributed by atoms with van der Waals surface area (Å²) < 4.78 is 0. The molecule has 2 nitrogen and oxygen atoms in total. The van der Waals surface area contributed by atoms with Crippen molar-refractivity contribution >= 4 is 22.8 Å². The van der Waals surface area contributed by atoms with Crippen molar-refractivity contribution in [2.75, 3.05) is 0 Å². The molecule has 0 unspecified atom stereocenters. The number of pyridine rings is 1. The minimum absolute atomic E-state index is 0.943. The van der Waals surface area contributed by atoms with Crippen molar-refractivity contribution in [3.05, 3.63) is 54.4 Å². The Labute approximate surface area is 104 Å². The molecule has 84 valence electrons. The summed E-state index contributed by atoms with van der Waals surface area (Å²) in [5.41, 5.74) is 2.23. The average molecular weight is 240 g/mol. The van der Waals surface area contributed by atoms with E-state index < -0.39 is 0 Å². The second kappa shape index (κ2) is 4.26. The van der Waals surface area contributed by atoms with Crippen LogP contribution in [0.3, 0.4) is 0 Å². The van der Waals surface area contributed by atoms with Crippen LogP contribution >= 0.6 is 11.8 Å². The quantitative estimate of drug-likeness (QED) is 0.732. The van der Waals surface area contributed by atoms with Gasteiger partial charge in [0, 0.05) is 27.6 Å². The fourth-order valence-corrected chi connectivity index (χ4v) is 2.55. The molecule has 3 aromatic rings. The summed E-state index contributed by atoms with van der Waals surface area (Å²) >= 11 is 1.74. The van der Waals surface area contributed by atoms with Crippen molar-refractivity contribution in [1.29, 1.82) is 0 Å². The second-order valence-corrected chi connectivity index (χ2v) is 5.15. The number of nitrogens with one attached hydrogen (secondary N) is 1. The van der Waals surface area contributed by atoms with Crippen LogP contribution in [-0.2, 0) is 0 Å². The number of aryl methyl sites for hydroxylation is 1. The van der Waals surface area contributed by atoms with E-state index in [1.807, 2.05) is 18.5 Å². The zero-order valence-electron chi connectivity index (χ0n) is 9.47. The fraction of sp³-hybridized carbons (Fsp3) is 0.0714. The van der Waals surface area contributed by atoms with Crippen molar-refractivity contribution < 1.29 is 0 Å². The van der Waals surface area contributed by atoms with E-state index >= 15 is 0 Å². The minimum atomic E-state index is 0.943. The van der Waals surface area contributed by atoms with E-state index in [0.29, 0.717) is 0 Å². The van der Waals surface area contributed by atoms with Crippen molar-refractivity contribution in [3.63, 3.8) is 0 Å². The number of nitrogens with zero attached hydrogens (tertiary/aromatic N) is 1. The molecule has 3 rings (SSSR count). The van der Waals surface area contributed by atoms with Crippen LogP contribution in [0.25, 0.3) is 11.0 Å². The van der Waals surface area contributed by atoms with Crippen LogP contribution in [0.5, 0.6) is 0 Å². The monoisotopic (exact) mass is 240 g/mol. The highest BCUT2D eigenvalue weighted by atomic mass is 32.2. The number of aromatic amines is 1. The highest BCUT2D eigenvalue weighted by molar-refractivity contribution is 7.99.